The topological polar surface area (TPSA) is 47.6 Å². The molecule has 86 valence electrons. The molecule has 2 saturated heterocycles. The van der Waals surface area contributed by atoms with E-state index in [2.05, 4.69) is 22.7 Å². The van der Waals surface area contributed by atoms with Crippen molar-refractivity contribution in [1.82, 2.24) is 20.7 Å². The lowest BCUT2D eigenvalue weighted by atomic mass is 10.2. The Morgan fingerprint density at radius 1 is 1.33 bits per heavy atom. The number of likely N-dealkylation sites (N-methyl/N-ethyl adjacent to an activating group) is 1. The summed E-state index contributed by atoms with van der Waals surface area (Å²) >= 11 is 0. The van der Waals surface area contributed by atoms with Crippen LogP contribution < -0.4 is 10.7 Å². The lowest BCUT2D eigenvalue weighted by Crippen LogP contribution is -2.55. The second kappa shape index (κ2) is 4.92. The van der Waals surface area contributed by atoms with Crippen LogP contribution in [0.1, 0.15) is 12.8 Å². The van der Waals surface area contributed by atoms with Crippen LogP contribution in [0, 0.1) is 0 Å². The summed E-state index contributed by atoms with van der Waals surface area (Å²) in [7, 11) is 2.11. The Morgan fingerprint density at radius 3 is 2.67 bits per heavy atom. The molecule has 0 spiro atoms. The summed E-state index contributed by atoms with van der Waals surface area (Å²) in [5.74, 6) is 0.136. The first-order chi connectivity index (χ1) is 7.25. The van der Waals surface area contributed by atoms with Crippen LogP contribution in [-0.4, -0.2) is 61.6 Å². The number of nitrogens with zero attached hydrogens (tertiary/aromatic N) is 2. The summed E-state index contributed by atoms with van der Waals surface area (Å²) in [4.78, 5) is 14.0. The Balaban J connectivity index is 1.74. The molecule has 0 aromatic rings. The van der Waals surface area contributed by atoms with Gasteiger partial charge in [-0.1, -0.05) is 0 Å². The van der Waals surface area contributed by atoms with Crippen molar-refractivity contribution in [3.8, 4) is 0 Å². The predicted octanol–water partition coefficient (Wildman–Crippen LogP) is -0.983. The fourth-order valence-electron chi connectivity index (χ4n) is 2.06. The molecule has 2 heterocycles. The van der Waals surface area contributed by atoms with E-state index in [0.29, 0.717) is 0 Å². The van der Waals surface area contributed by atoms with Crippen LogP contribution in [0.4, 0.5) is 0 Å². The highest BCUT2D eigenvalue weighted by molar-refractivity contribution is 5.81. The van der Waals surface area contributed by atoms with Gasteiger partial charge in [0.05, 0.1) is 6.04 Å². The maximum absolute atomic E-state index is 11.8. The molecule has 1 amide bonds. The molecule has 0 radical (unpaired) electrons. The molecule has 0 aromatic carbocycles. The van der Waals surface area contributed by atoms with E-state index in [1.54, 1.807) is 0 Å². The van der Waals surface area contributed by atoms with Gasteiger partial charge in [0, 0.05) is 26.2 Å². The Bertz CT molecular complexity index is 219. The molecule has 0 aliphatic carbocycles. The number of rotatable bonds is 2. The van der Waals surface area contributed by atoms with Crippen LogP contribution in [0.2, 0.25) is 0 Å². The Hall–Kier alpha value is -0.650. The molecule has 15 heavy (non-hydrogen) atoms. The molecule has 2 rings (SSSR count). The van der Waals surface area contributed by atoms with Gasteiger partial charge in [-0.3, -0.25) is 10.2 Å². The van der Waals surface area contributed by atoms with Crippen LogP contribution in [0.25, 0.3) is 0 Å². The summed E-state index contributed by atoms with van der Waals surface area (Å²) in [6.45, 7) is 4.88. The largest absolute Gasteiger partial charge is 0.306 e. The molecule has 2 aliphatic rings. The average molecular weight is 212 g/mol. The molecule has 2 N–H and O–H groups in total. The van der Waals surface area contributed by atoms with Crippen LogP contribution in [0.5, 0.6) is 0 Å². The maximum Gasteiger partial charge on any atom is 0.251 e. The van der Waals surface area contributed by atoms with Crippen LogP contribution >= 0.6 is 0 Å². The zero-order valence-electron chi connectivity index (χ0n) is 9.33. The third-order valence-electron chi connectivity index (χ3n) is 3.15. The molecule has 2 aliphatic heterocycles. The molecule has 0 aromatic heterocycles. The fraction of sp³-hybridized carbons (Fsp3) is 0.900. The van der Waals surface area contributed by atoms with E-state index < -0.39 is 0 Å². The minimum atomic E-state index is 0.0321. The van der Waals surface area contributed by atoms with Gasteiger partial charge >= 0.3 is 0 Å². The van der Waals surface area contributed by atoms with Crippen molar-refractivity contribution < 1.29 is 4.79 Å². The molecule has 1 unspecified atom stereocenters. The minimum absolute atomic E-state index is 0.0321. The molecule has 0 saturated carbocycles. The van der Waals surface area contributed by atoms with Crippen molar-refractivity contribution in [2.45, 2.75) is 18.9 Å². The van der Waals surface area contributed by atoms with E-state index in [4.69, 9.17) is 0 Å². The molecule has 5 heteroatoms. The second-order valence-electron chi connectivity index (χ2n) is 4.42. The number of carbonyl (C=O) groups excluding carboxylic acids is 1. The standard InChI is InChI=1S/C10H20N4O/c1-13-5-7-14(8-6-13)12-10(15)9-3-2-4-11-9/h9,11H,2-8H2,1H3,(H,12,15). The molecular weight excluding hydrogens is 192 g/mol. The second-order valence-corrected chi connectivity index (χ2v) is 4.42. The normalized spacial score (nSPS) is 29.3. The fourth-order valence-corrected chi connectivity index (χ4v) is 2.06. The number of hydrogen-bond donors (Lipinski definition) is 2. The Morgan fingerprint density at radius 2 is 2.07 bits per heavy atom. The molecule has 5 nitrogen and oxygen atoms in total. The van der Waals surface area contributed by atoms with Crippen molar-refractivity contribution in [3.05, 3.63) is 0 Å². The number of carbonyl (C=O) groups is 1. The van der Waals surface area contributed by atoms with E-state index in [1.165, 1.54) is 0 Å². The highest BCUT2D eigenvalue weighted by Crippen LogP contribution is 2.05. The van der Waals surface area contributed by atoms with Crippen molar-refractivity contribution in [2.75, 3.05) is 39.8 Å². The zero-order chi connectivity index (χ0) is 10.7. The summed E-state index contributed by atoms with van der Waals surface area (Å²) in [6, 6.07) is 0.0321. The number of piperazine rings is 1. The van der Waals surface area contributed by atoms with Crippen LogP contribution in [0.3, 0.4) is 0 Å². The number of hydrazine groups is 1. The van der Waals surface area contributed by atoms with E-state index in [9.17, 15) is 4.79 Å². The lowest BCUT2D eigenvalue weighted by molar-refractivity contribution is -0.128. The maximum atomic E-state index is 11.8. The first-order valence-electron chi connectivity index (χ1n) is 5.73. The van der Waals surface area contributed by atoms with Crippen molar-refractivity contribution >= 4 is 5.91 Å². The lowest BCUT2D eigenvalue weighted by Gasteiger charge is -2.33. The van der Waals surface area contributed by atoms with Gasteiger partial charge in [-0.05, 0) is 26.4 Å². The van der Waals surface area contributed by atoms with E-state index in [1.807, 2.05) is 5.01 Å². The van der Waals surface area contributed by atoms with Crippen molar-refractivity contribution in [1.29, 1.82) is 0 Å². The predicted molar refractivity (Wildman–Crippen MR) is 58.2 cm³/mol. The minimum Gasteiger partial charge on any atom is -0.306 e. The number of nitrogens with one attached hydrogen (secondary N) is 2. The first-order valence-corrected chi connectivity index (χ1v) is 5.73. The van der Waals surface area contributed by atoms with E-state index in [0.717, 1.165) is 45.6 Å². The van der Waals surface area contributed by atoms with Gasteiger partial charge in [-0.25, -0.2) is 5.01 Å². The average Bonchev–Trinajstić information content (AvgIpc) is 2.74. The van der Waals surface area contributed by atoms with Gasteiger partial charge in [-0.15, -0.1) is 0 Å². The van der Waals surface area contributed by atoms with Crippen LogP contribution in [0.15, 0.2) is 0 Å². The SMILES string of the molecule is CN1CCN(NC(=O)C2CCCN2)CC1. The van der Waals surface area contributed by atoms with Crippen molar-refractivity contribution in [3.63, 3.8) is 0 Å². The quantitative estimate of drug-likeness (QED) is 0.617. The number of amides is 1. The zero-order valence-corrected chi connectivity index (χ0v) is 9.33. The van der Waals surface area contributed by atoms with Crippen molar-refractivity contribution in [2.24, 2.45) is 0 Å². The van der Waals surface area contributed by atoms with Gasteiger partial charge in [-0.2, -0.15) is 0 Å². The summed E-state index contributed by atoms with van der Waals surface area (Å²) in [5.41, 5.74) is 2.99. The van der Waals surface area contributed by atoms with E-state index >= 15 is 0 Å². The summed E-state index contributed by atoms with van der Waals surface area (Å²) in [6.07, 6.45) is 2.08. The highest BCUT2D eigenvalue weighted by Gasteiger charge is 2.24. The van der Waals surface area contributed by atoms with E-state index in [-0.39, 0.29) is 11.9 Å². The highest BCUT2D eigenvalue weighted by atomic mass is 16.2. The molecule has 0 bridgehead atoms. The molecule has 2 fully saturated rings. The number of hydrogen-bond acceptors (Lipinski definition) is 4. The third-order valence-corrected chi connectivity index (χ3v) is 3.15. The van der Waals surface area contributed by atoms with Gasteiger partial charge in [0.1, 0.15) is 0 Å². The third kappa shape index (κ3) is 2.90. The van der Waals surface area contributed by atoms with Crippen LogP contribution in [-0.2, 0) is 4.79 Å². The smallest absolute Gasteiger partial charge is 0.251 e. The van der Waals surface area contributed by atoms with Gasteiger partial charge in [0.2, 0.25) is 0 Å². The van der Waals surface area contributed by atoms with Gasteiger partial charge in [0.25, 0.3) is 5.91 Å². The van der Waals surface area contributed by atoms with Gasteiger partial charge in [0.15, 0.2) is 0 Å². The Labute approximate surface area is 90.8 Å². The first kappa shape index (κ1) is 10.9. The summed E-state index contributed by atoms with van der Waals surface area (Å²) in [5, 5.41) is 5.24. The molecule has 1 atom stereocenters. The molecular formula is C10H20N4O. The Kier molecular flexibility index (Phi) is 3.56. The van der Waals surface area contributed by atoms with Gasteiger partial charge < -0.3 is 10.2 Å². The monoisotopic (exact) mass is 212 g/mol. The summed E-state index contributed by atoms with van der Waals surface area (Å²) < 4.78 is 0.